The Hall–Kier alpha value is -1.28. The number of benzene rings is 1. The largest absolute Gasteiger partial charge is 0.207 e. The first kappa shape index (κ1) is 23.4. The molecule has 0 amide bonds. The number of fused-ring (bicyclic) bond motifs is 1. The second kappa shape index (κ2) is 11.4. The summed E-state index contributed by atoms with van der Waals surface area (Å²) in [5.74, 6) is 2.05. The van der Waals surface area contributed by atoms with Crippen LogP contribution in [-0.2, 0) is 6.42 Å². The number of hydrogen-bond acceptors (Lipinski definition) is 1. The summed E-state index contributed by atoms with van der Waals surface area (Å²) in [5.41, 5.74) is 6.29. The molecule has 30 heavy (non-hydrogen) atoms. The van der Waals surface area contributed by atoms with Gasteiger partial charge in [0.05, 0.1) is 0 Å². The molecule has 0 aromatic heterocycles. The van der Waals surface area contributed by atoms with Crippen LogP contribution in [0, 0.1) is 23.6 Å². The van der Waals surface area contributed by atoms with Gasteiger partial charge in [-0.05, 0) is 110 Å². The zero-order chi connectivity index (χ0) is 21.5. The van der Waals surface area contributed by atoms with Crippen LogP contribution in [0.4, 0.5) is 4.39 Å². The highest BCUT2D eigenvalue weighted by molar-refractivity contribution is 7.80. The minimum absolute atomic E-state index is 0.139. The van der Waals surface area contributed by atoms with Gasteiger partial charge in [0.15, 0.2) is 0 Å². The fraction of sp³-hybridized carbons (Fsp3) is 0.607. The van der Waals surface area contributed by atoms with E-state index in [1.54, 1.807) is 28.9 Å². The molecule has 3 atom stereocenters. The van der Waals surface area contributed by atoms with Crippen molar-refractivity contribution in [3.8, 4) is 0 Å². The number of halogens is 1. The summed E-state index contributed by atoms with van der Waals surface area (Å²) < 4.78 is 13.0. The molecule has 0 bridgehead atoms. The Balaban J connectivity index is 1.56. The molecule has 1 fully saturated rings. The molecule has 2 heteroatoms. The molecule has 0 spiro atoms. The molecular formula is C28H39FS. The minimum atomic E-state index is -0.139. The second-order valence-electron chi connectivity index (χ2n) is 9.54. The zero-order valence-electron chi connectivity index (χ0n) is 19.2. The molecule has 0 nitrogen and oxygen atoms in total. The molecule has 0 aliphatic heterocycles. The van der Waals surface area contributed by atoms with Crippen molar-refractivity contribution in [2.45, 2.75) is 91.4 Å². The van der Waals surface area contributed by atoms with Crippen LogP contribution in [-0.4, -0.2) is 4.86 Å². The van der Waals surface area contributed by atoms with Crippen LogP contribution in [0.5, 0.6) is 0 Å². The SMILES string of the molecule is CCCC1C(CCCCCCc2ccc(F)cc2)C2=CCCC(C)=C2C1CC(C)=S. The molecule has 3 unspecified atom stereocenters. The topological polar surface area (TPSA) is 0 Å². The molecule has 2 aliphatic carbocycles. The number of aryl methyl sites for hydroxylation is 1. The maximum Gasteiger partial charge on any atom is 0.123 e. The van der Waals surface area contributed by atoms with Gasteiger partial charge in [0.2, 0.25) is 0 Å². The van der Waals surface area contributed by atoms with Crippen molar-refractivity contribution in [1.82, 2.24) is 0 Å². The fourth-order valence-corrected chi connectivity index (χ4v) is 6.09. The molecule has 0 heterocycles. The lowest BCUT2D eigenvalue weighted by atomic mass is 9.80. The van der Waals surface area contributed by atoms with Gasteiger partial charge in [0.25, 0.3) is 0 Å². The summed E-state index contributed by atoms with van der Waals surface area (Å²) in [5, 5.41) is 0. The Morgan fingerprint density at radius 3 is 2.47 bits per heavy atom. The molecule has 1 aromatic carbocycles. The Morgan fingerprint density at radius 2 is 1.77 bits per heavy atom. The average molecular weight is 427 g/mol. The predicted octanol–water partition coefficient (Wildman–Crippen LogP) is 8.80. The van der Waals surface area contributed by atoms with Crippen molar-refractivity contribution in [3.63, 3.8) is 0 Å². The number of unbranched alkanes of at least 4 members (excludes halogenated alkanes) is 3. The van der Waals surface area contributed by atoms with E-state index >= 15 is 0 Å². The van der Waals surface area contributed by atoms with Gasteiger partial charge in [-0.3, -0.25) is 0 Å². The van der Waals surface area contributed by atoms with Crippen LogP contribution in [0.3, 0.4) is 0 Å². The quantitative estimate of drug-likeness (QED) is 0.252. The Labute approximate surface area is 189 Å². The van der Waals surface area contributed by atoms with Crippen LogP contribution in [0.2, 0.25) is 0 Å². The number of allylic oxidation sites excluding steroid dienone is 4. The van der Waals surface area contributed by atoms with E-state index in [-0.39, 0.29) is 5.82 Å². The van der Waals surface area contributed by atoms with Crippen LogP contribution in [0.15, 0.2) is 47.1 Å². The highest BCUT2D eigenvalue weighted by atomic mass is 32.1. The van der Waals surface area contributed by atoms with E-state index in [1.807, 2.05) is 12.1 Å². The Morgan fingerprint density at radius 1 is 1.03 bits per heavy atom. The van der Waals surface area contributed by atoms with Crippen molar-refractivity contribution < 1.29 is 4.39 Å². The Kier molecular flexibility index (Phi) is 8.86. The van der Waals surface area contributed by atoms with Gasteiger partial charge < -0.3 is 0 Å². The number of thiocarbonyl (C=S) groups is 1. The summed E-state index contributed by atoms with van der Waals surface area (Å²) in [6.45, 7) is 6.84. The maximum absolute atomic E-state index is 13.0. The van der Waals surface area contributed by atoms with Crippen LogP contribution in [0.25, 0.3) is 0 Å². The molecule has 164 valence electrons. The number of rotatable bonds is 11. The van der Waals surface area contributed by atoms with Gasteiger partial charge >= 0.3 is 0 Å². The highest BCUT2D eigenvalue weighted by Gasteiger charge is 2.43. The van der Waals surface area contributed by atoms with Gasteiger partial charge in [-0.1, -0.05) is 68.6 Å². The summed E-state index contributed by atoms with van der Waals surface area (Å²) in [6, 6.07) is 7.00. The molecule has 3 rings (SSSR count). The lowest BCUT2D eigenvalue weighted by Crippen LogP contribution is -2.18. The van der Waals surface area contributed by atoms with Crippen LogP contribution in [0.1, 0.15) is 90.5 Å². The van der Waals surface area contributed by atoms with Crippen molar-refractivity contribution in [1.29, 1.82) is 0 Å². The second-order valence-corrected chi connectivity index (χ2v) is 10.2. The summed E-state index contributed by atoms with van der Waals surface area (Å²) in [4.78, 5) is 1.17. The van der Waals surface area contributed by atoms with Gasteiger partial charge in [-0.15, -0.1) is 0 Å². The zero-order valence-corrected chi connectivity index (χ0v) is 20.0. The molecule has 0 radical (unpaired) electrons. The van der Waals surface area contributed by atoms with E-state index in [2.05, 4.69) is 26.8 Å². The average Bonchev–Trinajstić information content (AvgIpc) is 3.00. The molecular weight excluding hydrogens is 387 g/mol. The summed E-state index contributed by atoms with van der Waals surface area (Å²) >= 11 is 5.56. The van der Waals surface area contributed by atoms with Gasteiger partial charge in [0, 0.05) is 0 Å². The van der Waals surface area contributed by atoms with E-state index in [9.17, 15) is 4.39 Å². The lowest BCUT2D eigenvalue weighted by Gasteiger charge is -2.24. The van der Waals surface area contributed by atoms with Crippen molar-refractivity contribution in [2.24, 2.45) is 17.8 Å². The van der Waals surface area contributed by atoms with Crippen molar-refractivity contribution in [3.05, 3.63) is 58.4 Å². The predicted molar refractivity (Wildman–Crippen MR) is 131 cm³/mol. The fourth-order valence-electron chi connectivity index (χ4n) is 5.91. The van der Waals surface area contributed by atoms with E-state index in [0.29, 0.717) is 5.92 Å². The molecule has 0 saturated heterocycles. The van der Waals surface area contributed by atoms with Crippen molar-refractivity contribution in [2.75, 3.05) is 0 Å². The van der Waals surface area contributed by atoms with Gasteiger partial charge in [0.1, 0.15) is 5.82 Å². The molecule has 1 saturated carbocycles. The maximum atomic E-state index is 13.0. The minimum Gasteiger partial charge on any atom is -0.207 e. The third-order valence-corrected chi connectivity index (χ3v) is 7.40. The Bertz CT molecular complexity index is 770. The third-order valence-electron chi connectivity index (χ3n) is 7.23. The van der Waals surface area contributed by atoms with E-state index < -0.39 is 0 Å². The number of hydrogen-bond donors (Lipinski definition) is 0. The highest BCUT2D eigenvalue weighted by Crippen LogP contribution is 2.54. The lowest BCUT2D eigenvalue weighted by molar-refractivity contribution is 0.298. The normalized spacial score (nSPS) is 23.5. The van der Waals surface area contributed by atoms with E-state index in [4.69, 9.17) is 12.2 Å². The monoisotopic (exact) mass is 426 g/mol. The first-order chi connectivity index (χ1) is 14.5. The molecule has 1 aromatic rings. The summed E-state index contributed by atoms with van der Waals surface area (Å²) in [7, 11) is 0. The van der Waals surface area contributed by atoms with Crippen LogP contribution < -0.4 is 0 Å². The molecule has 2 aliphatic rings. The standard InChI is InChI=1S/C28H39FS/c1-4-10-24-25(13-8-6-5-7-12-22-15-17-23(29)18-16-22)26-14-9-11-20(2)28(26)27(24)19-21(3)30/h14-18,24-25,27H,4-13,19H2,1-3H3. The first-order valence-electron chi connectivity index (χ1n) is 12.1. The first-order valence-corrected chi connectivity index (χ1v) is 12.6. The van der Waals surface area contributed by atoms with Crippen molar-refractivity contribution >= 4 is 17.1 Å². The molecule has 0 N–H and O–H groups in total. The van der Waals surface area contributed by atoms with Gasteiger partial charge in [-0.25, -0.2) is 4.39 Å². The van der Waals surface area contributed by atoms with E-state index in [0.717, 1.165) is 24.7 Å². The summed E-state index contributed by atoms with van der Waals surface area (Å²) in [6.07, 6.45) is 16.2. The van der Waals surface area contributed by atoms with Gasteiger partial charge in [-0.2, -0.15) is 0 Å². The van der Waals surface area contributed by atoms with Crippen LogP contribution >= 0.6 is 12.2 Å². The third kappa shape index (κ3) is 5.90. The smallest absolute Gasteiger partial charge is 0.123 e. The van der Waals surface area contributed by atoms with E-state index in [1.165, 1.54) is 68.2 Å².